The maximum Gasteiger partial charge on any atom is 0.408 e. The molecule has 2 aliphatic heterocycles. The van der Waals surface area contributed by atoms with Gasteiger partial charge in [-0.2, -0.15) is 0 Å². The molecule has 7 atom stereocenters. The summed E-state index contributed by atoms with van der Waals surface area (Å²) in [5, 5.41) is 7.00. The standard InChI is InChI=1S/C40H54FN5O10S/c1-24-11-7-8-12-26-19-40(26,36(49)45-57(51,52)39(22-41)15-16-39)44-33(47)30-18-27(55-34-29-14-10-9-13-28(29)31(54-6)20-42-34)21-46(30)35(48)32(25(2)17-24)43-37(50)56-38(3,4)23-53-5/h8-10,12-14,20,24-27,30,32H,7,11,15-19,21-23H2,1-6H3,(H,43,50)(H,44,47)(H,45,49)/b12-8-/t24-,25+,26+,27+,30-,32-,40+/m0/s1. The molecule has 2 aliphatic carbocycles. The number of fused-ring (bicyclic) bond motifs is 3. The number of methoxy groups -OCH3 is 2. The van der Waals surface area contributed by atoms with Crippen LogP contribution >= 0.6 is 0 Å². The number of pyridine rings is 1. The number of benzene rings is 1. The summed E-state index contributed by atoms with van der Waals surface area (Å²) in [5.74, 6) is -2.31. The molecule has 312 valence electrons. The van der Waals surface area contributed by atoms with Gasteiger partial charge in [-0.15, -0.1) is 0 Å². The lowest BCUT2D eigenvalue weighted by Gasteiger charge is -2.33. The van der Waals surface area contributed by atoms with Crippen LogP contribution < -0.4 is 24.8 Å². The number of aromatic nitrogens is 1. The fraction of sp³-hybridized carbons (Fsp3) is 0.625. The predicted octanol–water partition coefficient (Wildman–Crippen LogP) is 3.95. The average molecular weight is 816 g/mol. The van der Waals surface area contributed by atoms with Crippen molar-refractivity contribution in [2.24, 2.45) is 17.8 Å². The van der Waals surface area contributed by atoms with Gasteiger partial charge in [0, 0.05) is 30.2 Å². The van der Waals surface area contributed by atoms with E-state index in [1.54, 1.807) is 19.9 Å². The zero-order chi connectivity index (χ0) is 41.3. The van der Waals surface area contributed by atoms with Crippen LogP contribution in [0.3, 0.4) is 0 Å². The van der Waals surface area contributed by atoms with Crippen molar-refractivity contribution in [3.8, 4) is 11.6 Å². The number of alkyl halides is 1. The van der Waals surface area contributed by atoms with E-state index in [9.17, 15) is 32.0 Å². The molecular formula is C40H54FN5O10S. The zero-order valence-corrected chi connectivity index (χ0v) is 34.2. The lowest BCUT2D eigenvalue weighted by molar-refractivity contribution is -0.142. The van der Waals surface area contributed by atoms with E-state index in [1.807, 2.05) is 44.2 Å². The Morgan fingerprint density at radius 3 is 2.49 bits per heavy atom. The molecule has 0 spiro atoms. The van der Waals surface area contributed by atoms with Crippen LogP contribution in [0.5, 0.6) is 11.6 Å². The summed E-state index contributed by atoms with van der Waals surface area (Å²) < 4.78 is 63.5. The minimum absolute atomic E-state index is 0.0239. The third-order valence-corrected chi connectivity index (χ3v) is 13.7. The van der Waals surface area contributed by atoms with Gasteiger partial charge in [0.15, 0.2) is 0 Å². The number of carbonyl (C=O) groups is 4. The Bertz CT molecular complexity index is 2010. The van der Waals surface area contributed by atoms with Gasteiger partial charge in [-0.1, -0.05) is 44.2 Å². The molecule has 0 radical (unpaired) electrons. The molecule has 1 saturated heterocycles. The monoisotopic (exact) mass is 815 g/mol. The number of amides is 4. The van der Waals surface area contributed by atoms with Crippen molar-refractivity contribution in [2.75, 3.05) is 34.0 Å². The zero-order valence-electron chi connectivity index (χ0n) is 33.3. The second-order valence-corrected chi connectivity index (χ2v) is 18.8. The number of alkyl carbamates (subject to hydrolysis) is 1. The van der Waals surface area contributed by atoms with Crippen LogP contribution in [0.1, 0.15) is 72.6 Å². The molecule has 6 rings (SSSR count). The lowest BCUT2D eigenvalue weighted by atomic mass is 9.88. The van der Waals surface area contributed by atoms with Gasteiger partial charge in [-0.3, -0.25) is 19.1 Å². The van der Waals surface area contributed by atoms with E-state index in [0.29, 0.717) is 30.4 Å². The third kappa shape index (κ3) is 8.83. The van der Waals surface area contributed by atoms with Gasteiger partial charge in [0.2, 0.25) is 27.7 Å². The summed E-state index contributed by atoms with van der Waals surface area (Å²) in [6.07, 6.45) is 5.72. The molecule has 0 unspecified atom stereocenters. The molecule has 2 saturated carbocycles. The van der Waals surface area contributed by atoms with E-state index >= 15 is 0 Å². The Hall–Kier alpha value is -4.51. The molecular weight excluding hydrogens is 762 g/mol. The van der Waals surface area contributed by atoms with Crippen LogP contribution in [0, 0.1) is 17.8 Å². The number of hydrogen-bond donors (Lipinski definition) is 3. The molecule has 1 aromatic carbocycles. The van der Waals surface area contributed by atoms with E-state index in [0.717, 1.165) is 5.39 Å². The summed E-state index contributed by atoms with van der Waals surface area (Å²) in [5.41, 5.74) is -2.68. The first-order chi connectivity index (χ1) is 27.0. The highest BCUT2D eigenvalue weighted by Crippen LogP contribution is 2.48. The highest BCUT2D eigenvalue weighted by atomic mass is 32.2. The number of ether oxygens (including phenoxy) is 4. The van der Waals surface area contributed by atoms with E-state index in [1.165, 1.54) is 25.3 Å². The van der Waals surface area contributed by atoms with Crippen LogP contribution in [0.15, 0.2) is 42.6 Å². The van der Waals surface area contributed by atoms with Gasteiger partial charge in [0.05, 0.1) is 26.5 Å². The number of carbonyl (C=O) groups excluding carboxylic acids is 4. The molecule has 15 nitrogen and oxygen atoms in total. The fourth-order valence-corrected chi connectivity index (χ4v) is 9.52. The molecule has 17 heteroatoms. The van der Waals surface area contributed by atoms with Crippen molar-refractivity contribution in [3.05, 3.63) is 42.6 Å². The summed E-state index contributed by atoms with van der Waals surface area (Å²) in [7, 11) is -1.38. The second-order valence-electron chi connectivity index (χ2n) is 16.7. The first-order valence-corrected chi connectivity index (χ1v) is 21.0. The summed E-state index contributed by atoms with van der Waals surface area (Å²) in [4.78, 5) is 62.5. The number of rotatable bonds is 11. The Labute approximate surface area is 332 Å². The maximum atomic E-state index is 14.8. The van der Waals surface area contributed by atoms with Crippen LogP contribution in [0.25, 0.3) is 10.8 Å². The van der Waals surface area contributed by atoms with Gasteiger partial charge in [-0.25, -0.2) is 22.6 Å². The largest absolute Gasteiger partial charge is 0.494 e. The molecule has 2 aromatic rings. The Kier molecular flexibility index (Phi) is 12.1. The molecule has 4 aliphatic rings. The van der Waals surface area contributed by atoms with E-state index < -0.39 is 86.4 Å². The molecule has 0 bridgehead atoms. The topological polar surface area (TPSA) is 192 Å². The lowest BCUT2D eigenvalue weighted by Crippen LogP contribution is -2.59. The van der Waals surface area contributed by atoms with Crippen LogP contribution in [-0.2, 0) is 33.9 Å². The van der Waals surface area contributed by atoms with Crippen molar-refractivity contribution >= 4 is 44.6 Å². The number of nitrogens with zero attached hydrogens (tertiary/aromatic N) is 2. The number of sulfonamides is 1. The van der Waals surface area contributed by atoms with Crippen molar-refractivity contribution in [1.82, 2.24) is 25.2 Å². The smallest absolute Gasteiger partial charge is 0.408 e. The summed E-state index contributed by atoms with van der Waals surface area (Å²) >= 11 is 0. The minimum atomic E-state index is -4.39. The molecule has 1 aromatic heterocycles. The van der Waals surface area contributed by atoms with Crippen molar-refractivity contribution in [2.45, 2.75) is 107 Å². The highest BCUT2D eigenvalue weighted by Gasteiger charge is 2.64. The Balaban J connectivity index is 1.35. The molecule has 4 amide bonds. The van der Waals surface area contributed by atoms with Crippen molar-refractivity contribution in [3.63, 3.8) is 0 Å². The average Bonchev–Trinajstić information content (AvgIpc) is 4.06. The number of hydrogen-bond acceptors (Lipinski definition) is 11. The van der Waals surface area contributed by atoms with Crippen LogP contribution in [0.2, 0.25) is 0 Å². The number of halogens is 1. The predicted molar refractivity (Wildman–Crippen MR) is 207 cm³/mol. The Morgan fingerprint density at radius 2 is 1.82 bits per heavy atom. The van der Waals surface area contributed by atoms with Gasteiger partial charge in [-0.05, 0) is 70.3 Å². The van der Waals surface area contributed by atoms with Crippen LogP contribution in [-0.4, -0.2) is 110 Å². The molecule has 3 N–H and O–H groups in total. The first kappa shape index (κ1) is 42.1. The fourth-order valence-electron chi connectivity index (χ4n) is 8.09. The van der Waals surface area contributed by atoms with Crippen molar-refractivity contribution < 1.29 is 50.9 Å². The van der Waals surface area contributed by atoms with Crippen LogP contribution in [0.4, 0.5) is 9.18 Å². The number of allylic oxidation sites excluding steroid dienone is 1. The quantitative estimate of drug-likeness (QED) is 0.279. The van der Waals surface area contributed by atoms with Gasteiger partial charge in [0.1, 0.15) is 46.5 Å². The van der Waals surface area contributed by atoms with Gasteiger partial charge < -0.3 is 34.5 Å². The Morgan fingerprint density at radius 1 is 1.11 bits per heavy atom. The van der Waals surface area contributed by atoms with E-state index in [-0.39, 0.29) is 50.6 Å². The minimum Gasteiger partial charge on any atom is -0.494 e. The first-order valence-electron chi connectivity index (χ1n) is 19.5. The summed E-state index contributed by atoms with van der Waals surface area (Å²) in [6, 6.07) is 5.01. The van der Waals surface area contributed by atoms with E-state index in [2.05, 4.69) is 20.3 Å². The van der Waals surface area contributed by atoms with Crippen molar-refractivity contribution in [1.29, 1.82) is 0 Å². The molecule has 57 heavy (non-hydrogen) atoms. The second kappa shape index (κ2) is 16.4. The molecule has 3 fully saturated rings. The van der Waals surface area contributed by atoms with Gasteiger partial charge >= 0.3 is 6.09 Å². The normalized spacial score (nSPS) is 29.4. The summed E-state index contributed by atoms with van der Waals surface area (Å²) in [6.45, 7) is 6.14. The molecule has 3 heterocycles. The maximum absolute atomic E-state index is 14.8. The van der Waals surface area contributed by atoms with Gasteiger partial charge in [0.25, 0.3) is 5.91 Å². The van der Waals surface area contributed by atoms with E-state index in [4.69, 9.17) is 18.9 Å². The SMILES string of the molecule is COCC(C)(C)OC(=O)N[C@@H]1C(=O)N2C[C@H](Oc3ncc(OC)c4ccccc34)C[C@H]2C(=O)N[C@]2(C(=O)NS(=O)(=O)C3(CF)CC3)C[C@H]2/C=C\CC[C@H](C)C[C@H]1C. The third-order valence-electron chi connectivity index (χ3n) is 11.6. The highest BCUT2D eigenvalue weighted by molar-refractivity contribution is 7.91. The number of nitrogens with one attached hydrogen (secondary N) is 3.